The van der Waals surface area contributed by atoms with Gasteiger partial charge in [0, 0.05) is 31.7 Å². The van der Waals surface area contributed by atoms with Crippen LogP contribution in [0.2, 0.25) is 0 Å². The van der Waals surface area contributed by atoms with E-state index < -0.39 is 10.0 Å². The van der Waals surface area contributed by atoms with Crippen molar-refractivity contribution in [3.63, 3.8) is 0 Å². The number of hydrogen-bond donors (Lipinski definition) is 0. The van der Waals surface area contributed by atoms with Crippen molar-refractivity contribution in [1.82, 2.24) is 9.78 Å². The molecule has 0 amide bonds. The summed E-state index contributed by atoms with van der Waals surface area (Å²) in [5.74, 6) is 0.739. The van der Waals surface area contributed by atoms with Crippen LogP contribution in [-0.4, -0.2) is 38.0 Å². The molecule has 1 fully saturated rings. The van der Waals surface area contributed by atoms with E-state index >= 15 is 0 Å². The largest absolute Gasteiger partial charge is 0.381 e. The summed E-state index contributed by atoms with van der Waals surface area (Å²) in [5, 5.41) is 5.39. The van der Waals surface area contributed by atoms with Crippen LogP contribution in [0.25, 0.3) is 10.9 Å². The molecule has 1 aliphatic heterocycles. The van der Waals surface area contributed by atoms with Gasteiger partial charge < -0.3 is 4.74 Å². The molecular weight excluding hydrogens is 410 g/mol. The maximum absolute atomic E-state index is 13.7. The molecule has 2 aromatic carbocycles. The van der Waals surface area contributed by atoms with Gasteiger partial charge in [-0.1, -0.05) is 32.0 Å². The van der Waals surface area contributed by atoms with Crippen molar-refractivity contribution in [3.05, 3.63) is 54.2 Å². The Kier molecular flexibility index (Phi) is 6.34. The number of para-hydroxylation sites is 1. The molecule has 31 heavy (non-hydrogen) atoms. The molecular formula is C24H31N3O3S. The van der Waals surface area contributed by atoms with E-state index in [2.05, 4.69) is 5.10 Å². The molecule has 0 bridgehead atoms. The lowest BCUT2D eigenvalue weighted by molar-refractivity contribution is 0.0605. The van der Waals surface area contributed by atoms with Crippen molar-refractivity contribution in [1.29, 1.82) is 0 Å². The number of nitrogens with zero attached hydrogens (tertiary/aromatic N) is 3. The Labute approximate surface area is 184 Å². The number of rotatable bonds is 7. The fourth-order valence-corrected chi connectivity index (χ4v) is 5.90. The molecule has 1 saturated heterocycles. The molecule has 0 saturated carbocycles. The summed E-state index contributed by atoms with van der Waals surface area (Å²) in [7, 11) is -3.70. The van der Waals surface area contributed by atoms with E-state index in [1.54, 1.807) is 22.6 Å². The third kappa shape index (κ3) is 4.62. The van der Waals surface area contributed by atoms with Crippen LogP contribution in [0.1, 0.15) is 32.3 Å². The van der Waals surface area contributed by atoms with Crippen LogP contribution in [0.3, 0.4) is 0 Å². The Balaban J connectivity index is 1.68. The minimum atomic E-state index is -3.70. The first kappa shape index (κ1) is 21.8. The number of benzene rings is 2. The average molecular weight is 442 g/mol. The third-order valence-electron chi connectivity index (χ3n) is 5.89. The van der Waals surface area contributed by atoms with E-state index in [0.717, 1.165) is 54.8 Å². The molecule has 1 aromatic heterocycles. The van der Waals surface area contributed by atoms with Gasteiger partial charge in [-0.15, -0.1) is 0 Å². The highest BCUT2D eigenvalue weighted by Crippen LogP contribution is 2.30. The number of fused-ring (bicyclic) bond motifs is 1. The van der Waals surface area contributed by atoms with Crippen molar-refractivity contribution in [2.75, 3.05) is 24.1 Å². The van der Waals surface area contributed by atoms with Crippen LogP contribution in [0.4, 0.5) is 5.69 Å². The molecule has 3 aromatic rings. The Morgan fingerprint density at radius 3 is 2.61 bits per heavy atom. The average Bonchev–Trinajstić information content (AvgIpc) is 3.15. The first-order chi connectivity index (χ1) is 14.9. The van der Waals surface area contributed by atoms with Gasteiger partial charge in [0.15, 0.2) is 0 Å². The lowest BCUT2D eigenvalue weighted by atomic mass is 10.0. The number of ether oxygens (including phenoxy) is 1. The van der Waals surface area contributed by atoms with Crippen LogP contribution in [0, 0.1) is 18.8 Å². The minimum absolute atomic E-state index is 0.195. The summed E-state index contributed by atoms with van der Waals surface area (Å²) in [5.41, 5.74) is 2.64. The van der Waals surface area contributed by atoms with Crippen molar-refractivity contribution in [2.24, 2.45) is 11.8 Å². The van der Waals surface area contributed by atoms with Gasteiger partial charge in [0.25, 0.3) is 10.0 Å². The zero-order valence-electron chi connectivity index (χ0n) is 18.5. The second kappa shape index (κ2) is 9.01. The Hall–Kier alpha value is -2.38. The second-order valence-electron chi connectivity index (χ2n) is 8.82. The summed E-state index contributed by atoms with van der Waals surface area (Å²) in [4.78, 5) is 0.300. The monoisotopic (exact) mass is 441 g/mol. The van der Waals surface area contributed by atoms with Gasteiger partial charge >= 0.3 is 0 Å². The molecule has 0 aliphatic carbocycles. The zero-order valence-corrected chi connectivity index (χ0v) is 19.3. The third-order valence-corrected chi connectivity index (χ3v) is 7.66. The van der Waals surface area contributed by atoms with Gasteiger partial charge in [0.2, 0.25) is 0 Å². The van der Waals surface area contributed by atoms with Crippen molar-refractivity contribution < 1.29 is 13.2 Å². The van der Waals surface area contributed by atoms with E-state index in [-0.39, 0.29) is 5.92 Å². The molecule has 2 heterocycles. The van der Waals surface area contributed by atoms with Gasteiger partial charge in [-0.3, -0.25) is 8.99 Å². The molecule has 4 rings (SSSR count). The first-order valence-electron chi connectivity index (χ1n) is 11.0. The number of aromatic nitrogens is 2. The number of anilines is 1. The molecule has 1 aliphatic rings. The van der Waals surface area contributed by atoms with E-state index in [0.29, 0.717) is 17.4 Å². The van der Waals surface area contributed by atoms with Gasteiger partial charge in [-0.2, -0.15) is 5.10 Å². The highest BCUT2D eigenvalue weighted by molar-refractivity contribution is 7.92. The summed E-state index contributed by atoms with van der Waals surface area (Å²) in [6.07, 6.45) is 3.84. The van der Waals surface area contributed by atoms with E-state index in [4.69, 9.17) is 4.74 Å². The van der Waals surface area contributed by atoms with Gasteiger partial charge in [-0.25, -0.2) is 8.42 Å². The van der Waals surface area contributed by atoms with Gasteiger partial charge in [0.05, 0.1) is 22.3 Å². The zero-order chi connectivity index (χ0) is 22.0. The van der Waals surface area contributed by atoms with Crippen LogP contribution < -0.4 is 4.31 Å². The quantitative estimate of drug-likeness (QED) is 0.537. The predicted octanol–water partition coefficient (Wildman–Crippen LogP) is 4.62. The predicted molar refractivity (Wildman–Crippen MR) is 124 cm³/mol. The number of aryl methyl sites for hydroxylation is 1. The van der Waals surface area contributed by atoms with Crippen LogP contribution in [-0.2, 0) is 21.3 Å². The summed E-state index contributed by atoms with van der Waals surface area (Å²) in [6.45, 7) is 8.87. The maximum Gasteiger partial charge on any atom is 0.264 e. The molecule has 0 radical (unpaired) electrons. The lowest BCUT2D eigenvalue weighted by Gasteiger charge is -2.27. The standard InChI is InChI=1S/C24H31N3O3S/c1-18(2)16-27(23-7-5-4-6-19(23)3)31(28,29)22-8-9-24-21(14-22)15-25-26(24)17-20-10-12-30-13-11-20/h4-9,14-15,18,20H,10-13,16-17H2,1-3H3. The molecule has 0 unspecified atom stereocenters. The highest BCUT2D eigenvalue weighted by Gasteiger charge is 2.27. The molecule has 7 heteroatoms. The van der Waals surface area contributed by atoms with Crippen molar-refractivity contribution in [2.45, 2.75) is 45.1 Å². The fraction of sp³-hybridized carbons (Fsp3) is 0.458. The highest BCUT2D eigenvalue weighted by atomic mass is 32.2. The maximum atomic E-state index is 13.7. The molecule has 166 valence electrons. The first-order valence-corrected chi connectivity index (χ1v) is 12.4. The van der Waals surface area contributed by atoms with E-state index in [9.17, 15) is 8.42 Å². The summed E-state index contributed by atoms with van der Waals surface area (Å²) < 4.78 is 36.3. The lowest BCUT2D eigenvalue weighted by Crippen LogP contribution is -2.34. The van der Waals surface area contributed by atoms with Crippen LogP contribution in [0.15, 0.2) is 53.6 Å². The van der Waals surface area contributed by atoms with Crippen LogP contribution in [0.5, 0.6) is 0 Å². The molecule has 0 N–H and O–H groups in total. The van der Waals surface area contributed by atoms with Crippen LogP contribution >= 0.6 is 0 Å². The molecule has 6 nitrogen and oxygen atoms in total. The molecule has 0 atom stereocenters. The molecule has 0 spiro atoms. The van der Waals surface area contributed by atoms with Crippen molar-refractivity contribution >= 4 is 26.6 Å². The number of sulfonamides is 1. The van der Waals surface area contributed by atoms with Gasteiger partial charge in [-0.05, 0) is 61.4 Å². The smallest absolute Gasteiger partial charge is 0.264 e. The topological polar surface area (TPSA) is 64.4 Å². The summed E-state index contributed by atoms with van der Waals surface area (Å²) in [6, 6.07) is 13.0. The van der Waals surface area contributed by atoms with Gasteiger partial charge in [0.1, 0.15) is 0 Å². The fourth-order valence-electron chi connectivity index (χ4n) is 4.17. The van der Waals surface area contributed by atoms with E-state index in [1.165, 1.54) is 0 Å². The second-order valence-corrected chi connectivity index (χ2v) is 10.7. The summed E-state index contributed by atoms with van der Waals surface area (Å²) >= 11 is 0. The number of hydrogen-bond acceptors (Lipinski definition) is 4. The Morgan fingerprint density at radius 1 is 1.16 bits per heavy atom. The minimum Gasteiger partial charge on any atom is -0.381 e. The van der Waals surface area contributed by atoms with E-state index in [1.807, 2.05) is 55.8 Å². The Bertz CT molecular complexity index is 1150. The van der Waals surface area contributed by atoms with Crippen molar-refractivity contribution in [3.8, 4) is 0 Å². The Morgan fingerprint density at radius 2 is 1.90 bits per heavy atom. The normalized spacial score (nSPS) is 15.6. The SMILES string of the molecule is Cc1ccccc1N(CC(C)C)S(=O)(=O)c1ccc2c(cnn2CC2CCOCC2)c1.